The fraction of sp³-hybridized carbons (Fsp3) is 0.500. The molecule has 0 heterocycles. The number of carboxylic acid groups (broad SMARTS) is 3. The second kappa shape index (κ2) is 16.1. The average molecular weight is 412 g/mol. The zero-order valence-electron chi connectivity index (χ0n) is 16.2. The van der Waals surface area contributed by atoms with Gasteiger partial charge in [0, 0.05) is 12.8 Å². The highest BCUT2D eigenvalue weighted by molar-refractivity contribution is 5.94. The van der Waals surface area contributed by atoms with Crippen LogP contribution in [0.3, 0.4) is 0 Å². The van der Waals surface area contributed by atoms with Crippen LogP contribution in [0.15, 0.2) is 24.3 Å². The van der Waals surface area contributed by atoms with Crippen LogP contribution in [0.1, 0.15) is 72.1 Å². The number of rotatable bonds is 13. The Hall–Kier alpha value is -2.94. The third-order valence-electron chi connectivity index (χ3n) is 3.70. The van der Waals surface area contributed by atoms with E-state index in [1.165, 1.54) is 24.3 Å². The Morgan fingerprint density at radius 1 is 0.759 bits per heavy atom. The first-order valence-corrected chi connectivity index (χ1v) is 9.32. The van der Waals surface area contributed by atoms with Crippen LogP contribution in [0.4, 0.5) is 0 Å². The molecule has 9 heteroatoms. The minimum atomic E-state index is -1.10. The molecule has 0 aliphatic carbocycles. The van der Waals surface area contributed by atoms with Gasteiger partial charge in [-0.05, 0) is 31.0 Å². The molecule has 0 spiro atoms. The van der Waals surface area contributed by atoms with Crippen LogP contribution < -0.4 is 0 Å². The molecule has 9 nitrogen and oxygen atoms in total. The van der Waals surface area contributed by atoms with Crippen molar-refractivity contribution in [3.05, 3.63) is 35.4 Å². The number of benzene rings is 1. The van der Waals surface area contributed by atoms with Crippen LogP contribution in [0.2, 0.25) is 0 Å². The Balaban J connectivity index is 0.000000543. The number of aliphatic hydroxyl groups is 1. The highest BCUT2D eigenvalue weighted by atomic mass is 16.5. The maximum Gasteiger partial charge on any atom is 0.338 e. The number of ether oxygens (including phenoxy) is 1. The van der Waals surface area contributed by atoms with Crippen LogP contribution >= 0.6 is 0 Å². The van der Waals surface area contributed by atoms with Gasteiger partial charge in [0.25, 0.3) is 0 Å². The van der Waals surface area contributed by atoms with Crippen molar-refractivity contribution in [2.24, 2.45) is 0 Å². The summed E-state index contributed by atoms with van der Waals surface area (Å²) in [5.41, 5.74) is 0.178. The smallest absolute Gasteiger partial charge is 0.338 e. The van der Waals surface area contributed by atoms with Gasteiger partial charge in [-0.1, -0.05) is 31.7 Å². The first-order valence-electron chi connectivity index (χ1n) is 9.32. The lowest BCUT2D eigenvalue weighted by molar-refractivity contribution is -0.138. The summed E-state index contributed by atoms with van der Waals surface area (Å²) in [5, 5.41) is 33.8. The summed E-state index contributed by atoms with van der Waals surface area (Å²) >= 11 is 0. The zero-order chi connectivity index (χ0) is 22.1. The largest absolute Gasteiger partial charge is 0.481 e. The predicted octanol–water partition coefficient (Wildman–Crippen LogP) is 2.81. The van der Waals surface area contributed by atoms with E-state index in [1.54, 1.807) is 0 Å². The molecular formula is C20H28O9. The summed E-state index contributed by atoms with van der Waals surface area (Å²) < 4.78 is 4.63. The third-order valence-corrected chi connectivity index (χ3v) is 3.70. The standard InChI is InChI=1S/C10H10O5.C10H18O4/c11-4-5-15-10(14)8-3-1-2-7(6-8)9(12)13;11-9(12)7-5-3-1-2-4-6-8-10(13)14/h1-3,6,11H,4-5H2,(H,12,13);1-8H2,(H,11,12)(H,13,14). The molecule has 0 bridgehead atoms. The minimum absolute atomic E-state index is 0.0217. The maximum absolute atomic E-state index is 11.3. The topological polar surface area (TPSA) is 158 Å². The van der Waals surface area contributed by atoms with Crippen molar-refractivity contribution in [2.75, 3.05) is 13.2 Å². The minimum Gasteiger partial charge on any atom is -0.481 e. The van der Waals surface area contributed by atoms with Crippen LogP contribution in [0.25, 0.3) is 0 Å². The van der Waals surface area contributed by atoms with Gasteiger partial charge in [-0.3, -0.25) is 9.59 Å². The Bertz CT molecular complexity index is 635. The number of carboxylic acids is 3. The van der Waals surface area contributed by atoms with Crippen molar-refractivity contribution in [3.63, 3.8) is 0 Å². The molecule has 0 amide bonds. The number of hydrogen-bond acceptors (Lipinski definition) is 6. The van der Waals surface area contributed by atoms with Crippen LogP contribution in [-0.4, -0.2) is 57.5 Å². The Labute approximate surface area is 168 Å². The van der Waals surface area contributed by atoms with Gasteiger partial charge in [-0.25, -0.2) is 9.59 Å². The number of carbonyl (C=O) groups excluding carboxylic acids is 1. The Kier molecular flexibility index (Phi) is 14.4. The summed E-state index contributed by atoms with van der Waals surface area (Å²) in [6, 6.07) is 5.51. The molecule has 1 aromatic carbocycles. The first kappa shape index (κ1) is 26.1. The normalized spacial score (nSPS) is 9.83. The molecule has 1 rings (SSSR count). The molecule has 29 heavy (non-hydrogen) atoms. The summed E-state index contributed by atoms with van der Waals surface area (Å²) in [4.78, 5) is 42.1. The van der Waals surface area contributed by atoms with Crippen molar-refractivity contribution < 1.29 is 44.3 Å². The maximum atomic E-state index is 11.3. The summed E-state index contributed by atoms with van der Waals surface area (Å²) in [6.07, 6.45) is 5.82. The Morgan fingerprint density at radius 2 is 1.24 bits per heavy atom. The number of unbranched alkanes of at least 4 members (excludes halogenated alkanes) is 5. The quantitative estimate of drug-likeness (QED) is 0.282. The highest BCUT2D eigenvalue weighted by Crippen LogP contribution is 2.08. The lowest BCUT2D eigenvalue weighted by Crippen LogP contribution is -2.09. The van der Waals surface area contributed by atoms with E-state index in [4.69, 9.17) is 20.4 Å². The molecule has 0 aliphatic rings. The molecule has 1 aromatic rings. The molecule has 0 aliphatic heterocycles. The average Bonchev–Trinajstić information content (AvgIpc) is 2.68. The number of esters is 1. The summed E-state index contributed by atoms with van der Waals surface area (Å²) in [5.74, 6) is -3.23. The summed E-state index contributed by atoms with van der Waals surface area (Å²) in [6.45, 7) is -0.361. The van der Waals surface area contributed by atoms with Crippen LogP contribution in [-0.2, 0) is 14.3 Å². The van der Waals surface area contributed by atoms with E-state index < -0.39 is 23.9 Å². The van der Waals surface area contributed by atoms with E-state index in [0.29, 0.717) is 0 Å². The molecule has 0 atom stereocenters. The number of hydrogen-bond donors (Lipinski definition) is 4. The first-order chi connectivity index (χ1) is 13.8. The molecular weight excluding hydrogens is 384 g/mol. The van der Waals surface area contributed by atoms with Gasteiger partial charge >= 0.3 is 23.9 Å². The molecule has 0 aromatic heterocycles. The predicted molar refractivity (Wildman–Crippen MR) is 103 cm³/mol. The number of aromatic carboxylic acids is 1. The van der Waals surface area contributed by atoms with E-state index in [9.17, 15) is 19.2 Å². The van der Waals surface area contributed by atoms with Crippen molar-refractivity contribution in [2.45, 2.75) is 51.4 Å². The molecule has 0 radical (unpaired) electrons. The molecule has 162 valence electrons. The van der Waals surface area contributed by atoms with Crippen molar-refractivity contribution in [1.29, 1.82) is 0 Å². The van der Waals surface area contributed by atoms with Gasteiger partial charge in [0.15, 0.2) is 0 Å². The monoisotopic (exact) mass is 412 g/mol. The van der Waals surface area contributed by atoms with Gasteiger partial charge in [-0.2, -0.15) is 0 Å². The molecule has 0 saturated carbocycles. The lowest BCUT2D eigenvalue weighted by atomic mass is 10.1. The molecule has 0 fully saturated rings. The van der Waals surface area contributed by atoms with Gasteiger partial charge < -0.3 is 25.2 Å². The van der Waals surface area contributed by atoms with Crippen molar-refractivity contribution in [1.82, 2.24) is 0 Å². The van der Waals surface area contributed by atoms with Crippen molar-refractivity contribution in [3.8, 4) is 0 Å². The van der Waals surface area contributed by atoms with Crippen molar-refractivity contribution >= 4 is 23.9 Å². The Morgan fingerprint density at radius 3 is 1.69 bits per heavy atom. The molecule has 4 N–H and O–H groups in total. The van der Waals surface area contributed by atoms with Gasteiger partial charge in [0.1, 0.15) is 6.61 Å². The second-order valence-corrected chi connectivity index (χ2v) is 6.15. The van der Waals surface area contributed by atoms with Gasteiger partial charge in [0.05, 0.1) is 17.7 Å². The third kappa shape index (κ3) is 14.7. The number of aliphatic carboxylic acids is 2. The van der Waals surface area contributed by atoms with E-state index in [1.807, 2.05) is 0 Å². The van der Waals surface area contributed by atoms with E-state index in [-0.39, 0.29) is 37.2 Å². The van der Waals surface area contributed by atoms with Gasteiger partial charge in [-0.15, -0.1) is 0 Å². The summed E-state index contributed by atoms with van der Waals surface area (Å²) in [7, 11) is 0. The van der Waals surface area contributed by atoms with Crippen LogP contribution in [0, 0.1) is 0 Å². The van der Waals surface area contributed by atoms with Gasteiger partial charge in [0.2, 0.25) is 0 Å². The number of aliphatic hydroxyl groups excluding tert-OH is 1. The lowest BCUT2D eigenvalue weighted by Gasteiger charge is -2.03. The molecule has 0 saturated heterocycles. The SMILES string of the molecule is O=C(O)CCCCCCCCC(=O)O.O=C(O)c1cccc(C(=O)OCCO)c1. The molecule has 0 unspecified atom stereocenters. The van der Waals surface area contributed by atoms with Crippen LogP contribution in [0.5, 0.6) is 0 Å². The highest BCUT2D eigenvalue weighted by Gasteiger charge is 2.10. The number of carbonyl (C=O) groups is 4. The van der Waals surface area contributed by atoms with E-state index in [2.05, 4.69) is 4.74 Å². The fourth-order valence-electron chi connectivity index (χ4n) is 2.26. The zero-order valence-corrected chi connectivity index (χ0v) is 16.2. The second-order valence-electron chi connectivity index (χ2n) is 6.15. The van der Waals surface area contributed by atoms with E-state index >= 15 is 0 Å². The van der Waals surface area contributed by atoms with E-state index in [0.717, 1.165) is 38.5 Å². The fourth-order valence-corrected chi connectivity index (χ4v) is 2.26.